The third-order valence-electron chi connectivity index (χ3n) is 5.62. The second-order valence-electron chi connectivity index (χ2n) is 9.03. The molecule has 5 N–H and O–H groups in total. The first-order valence-electron chi connectivity index (χ1n) is 9.33. The summed E-state index contributed by atoms with van der Waals surface area (Å²) >= 11 is 0. The second kappa shape index (κ2) is 8.45. The third kappa shape index (κ3) is 5.90. The van der Waals surface area contributed by atoms with Crippen LogP contribution in [0, 0.1) is 5.41 Å². The summed E-state index contributed by atoms with van der Waals surface area (Å²) in [5.41, 5.74) is -3.78. The zero-order chi connectivity index (χ0) is 21.1. The molecule has 0 heterocycles. The zero-order valence-electron chi connectivity index (χ0n) is 17.4. The van der Waals surface area contributed by atoms with Crippen LogP contribution in [0.5, 0.6) is 5.75 Å². The van der Waals surface area contributed by atoms with Crippen molar-refractivity contribution >= 4 is 0 Å². The summed E-state index contributed by atoms with van der Waals surface area (Å²) in [6, 6.07) is 6.90. The molecule has 27 heavy (non-hydrogen) atoms. The summed E-state index contributed by atoms with van der Waals surface area (Å²) in [6.45, 7) is 9.79. The molecule has 0 fully saturated rings. The van der Waals surface area contributed by atoms with Gasteiger partial charge in [0.15, 0.2) is 0 Å². The van der Waals surface area contributed by atoms with Gasteiger partial charge in [0.2, 0.25) is 0 Å². The van der Waals surface area contributed by atoms with Crippen molar-refractivity contribution in [3.63, 3.8) is 0 Å². The summed E-state index contributed by atoms with van der Waals surface area (Å²) in [5, 5.41) is 50.5. The normalized spacial score (nSPS) is 18.5. The lowest BCUT2D eigenvalue weighted by Gasteiger charge is -2.43. The van der Waals surface area contributed by atoms with Crippen LogP contribution in [0.3, 0.4) is 0 Å². The van der Waals surface area contributed by atoms with Crippen LogP contribution in [0.25, 0.3) is 0 Å². The Hall–Kier alpha value is -1.18. The van der Waals surface area contributed by atoms with E-state index in [4.69, 9.17) is 9.84 Å². The van der Waals surface area contributed by atoms with Crippen LogP contribution in [0.4, 0.5) is 0 Å². The Morgan fingerprint density at radius 2 is 1.59 bits per heavy atom. The highest BCUT2D eigenvalue weighted by molar-refractivity contribution is 5.32. The predicted octanol–water partition coefficient (Wildman–Crippen LogP) is 1.95. The number of ether oxygens (including phenoxy) is 1. The molecule has 1 aromatic rings. The van der Waals surface area contributed by atoms with Gasteiger partial charge in [-0.3, -0.25) is 0 Å². The quantitative estimate of drug-likeness (QED) is 0.422. The van der Waals surface area contributed by atoms with E-state index in [9.17, 15) is 20.4 Å². The summed E-state index contributed by atoms with van der Waals surface area (Å²) in [7, 11) is 0. The molecular formula is C21H36O6. The first kappa shape index (κ1) is 23.9. The molecule has 0 saturated heterocycles. The molecule has 3 atom stereocenters. The van der Waals surface area contributed by atoms with Crippen LogP contribution in [-0.2, 0) is 5.60 Å². The van der Waals surface area contributed by atoms with Crippen molar-refractivity contribution < 1.29 is 30.3 Å². The fourth-order valence-electron chi connectivity index (χ4n) is 2.67. The first-order chi connectivity index (χ1) is 12.2. The van der Waals surface area contributed by atoms with Crippen LogP contribution >= 0.6 is 0 Å². The Labute approximate surface area is 162 Å². The summed E-state index contributed by atoms with van der Waals surface area (Å²) in [4.78, 5) is 0. The largest absolute Gasteiger partial charge is 0.485 e. The highest BCUT2D eigenvalue weighted by Crippen LogP contribution is 2.36. The molecule has 0 saturated carbocycles. The highest BCUT2D eigenvalue weighted by atomic mass is 16.5. The molecule has 1 rings (SSSR count). The SMILES string of the molecule is CC(O)(CCO)c1cccc(OC(C)(C)C(C)(O)CC(O)C(C)(C)CO)c1. The number of rotatable bonds is 10. The van der Waals surface area contributed by atoms with Crippen molar-refractivity contribution in [2.45, 2.75) is 77.3 Å². The topological polar surface area (TPSA) is 110 Å². The molecule has 3 unspecified atom stereocenters. The van der Waals surface area contributed by atoms with Gasteiger partial charge in [0.1, 0.15) is 17.0 Å². The Morgan fingerprint density at radius 1 is 1.00 bits per heavy atom. The molecule has 6 heteroatoms. The minimum Gasteiger partial charge on any atom is -0.485 e. The van der Waals surface area contributed by atoms with Crippen LogP contribution < -0.4 is 4.74 Å². The summed E-state index contributed by atoms with van der Waals surface area (Å²) in [6.07, 6.45) is -0.702. The molecule has 6 nitrogen and oxygen atoms in total. The number of hydrogen-bond acceptors (Lipinski definition) is 6. The van der Waals surface area contributed by atoms with Gasteiger partial charge in [-0.05, 0) is 45.4 Å². The average molecular weight is 385 g/mol. The molecule has 0 spiro atoms. The molecule has 1 aromatic carbocycles. The van der Waals surface area contributed by atoms with Gasteiger partial charge in [0.05, 0.1) is 18.3 Å². The standard InChI is InChI=1S/C21H36O6/c1-18(2,14-23)17(24)13-21(6,26)19(3,4)27-16-9-7-8-15(12-16)20(5,25)10-11-22/h7-9,12,17,22-26H,10-11,13-14H2,1-6H3. The smallest absolute Gasteiger partial charge is 0.132 e. The molecule has 0 amide bonds. The maximum atomic E-state index is 11.0. The molecule has 0 bridgehead atoms. The van der Waals surface area contributed by atoms with Crippen molar-refractivity contribution in [1.82, 2.24) is 0 Å². The number of aliphatic hydroxyl groups is 5. The highest BCUT2D eigenvalue weighted by Gasteiger charge is 2.45. The lowest BCUT2D eigenvalue weighted by Crippen LogP contribution is -2.55. The van der Waals surface area contributed by atoms with Crippen LogP contribution in [0.15, 0.2) is 24.3 Å². The summed E-state index contributed by atoms with van der Waals surface area (Å²) in [5.74, 6) is 0.465. The fourth-order valence-corrected chi connectivity index (χ4v) is 2.67. The van der Waals surface area contributed by atoms with Gasteiger partial charge in [-0.25, -0.2) is 0 Å². The molecular weight excluding hydrogens is 348 g/mol. The Bertz CT molecular complexity index is 606. The number of aliphatic hydroxyl groups excluding tert-OH is 3. The van der Waals surface area contributed by atoms with E-state index in [1.54, 1.807) is 65.8 Å². The lowest BCUT2D eigenvalue weighted by atomic mass is 9.76. The minimum absolute atomic E-state index is 0.0233. The van der Waals surface area contributed by atoms with E-state index in [0.717, 1.165) is 0 Å². The zero-order valence-corrected chi connectivity index (χ0v) is 17.4. The van der Waals surface area contributed by atoms with Crippen molar-refractivity contribution in [2.75, 3.05) is 13.2 Å². The number of benzene rings is 1. The molecule has 156 valence electrons. The van der Waals surface area contributed by atoms with Gasteiger partial charge in [-0.15, -0.1) is 0 Å². The molecule has 0 aromatic heterocycles. The third-order valence-corrected chi connectivity index (χ3v) is 5.62. The van der Waals surface area contributed by atoms with Gasteiger partial charge in [-0.2, -0.15) is 0 Å². The number of hydrogen-bond donors (Lipinski definition) is 5. The second-order valence-corrected chi connectivity index (χ2v) is 9.03. The maximum absolute atomic E-state index is 11.0. The van der Waals surface area contributed by atoms with Gasteiger partial charge in [0.25, 0.3) is 0 Å². The van der Waals surface area contributed by atoms with Gasteiger partial charge >= 0.3 is 0 Å². The minimum atomic E-state index is -1.39. The Balaban J connectivity index is 3.02. The van der Waals surface area contributed by atoms with E-state index in [0.29, 0.717) is 11.3 Å². The van der Waals surface area contributed by atoms with Gasteiger partial charge < -0.3 is 30.3 Å². The van der Waals surface area contributed by atoms with Gasteiger partial charge in [-0.1, -0.05) is 26.0 Å². The average Bonchev–Trinajstić information content (AvgIpc) is 2.54. The fraction of sp³-hybridized carbons (Fsp3) is 0.714. The van der Waals surface area contributed by atoms with Gasteiger partial charge in [0, 0.05) is 24.9 Å². The predicted molar refractivity (Wildman–Crippen MR) is 105 cm³/mol. The van der Waals surface area contributed by atoms with Crippen LogP contribution in [-0.4, -0.2) is 56.1 Å². The summed E-state index contributed by atoms with van der Waals surface area (Å²) < 4.78 is 6.03. The van der Waals surface area contributed by atoms with E-state index in [1.165, 1.54) is 0 Å². The van der Waals surface area contributed by atoms with E-state index in [-0.39, 0.29) is 26.1 Å². The van der Waals surface area contributed by atoms with E-state index >= 15 is 0 Å². The molecule has 0 radical (unpaired) electrons. The molecule has 0 aliphatic carbocycles. The van der Waals surface area contributed by atoms with Crippen molar-refractivity contribution in [3.05, 3.63) is 29.8 Å². The molecule has 0 aliphatic rings. The molecule has 0 aliphatic heterocycles. The van der Waals surface area contributed by atoms with E-state index < -0.39 is 28.3 Å². The van der Waals surface area contributed by atoms with Crippen molar-refractivity contribution in [3.8, 4) is 5.75 Å². The Morgan fingerprint density at radius 3 is 2.11 bits per heavy atom. The van der Waals surface area contributed by atoms with Crippen molar-refractivity contribution in [1.29, 1.82) is 0 Å². The van der Waals surface area contributed by atoms with E-state index in [1.807, 2.05) is 0 Å². The van der Waals surface area contributed by atoms with Crippen LogP contribution in [0.2, 0.25) is 0 Å². The first-order valence-corrected chi connectivity index (χ1v) is 9.33. The lowest BCUT2D eigenvalue weighted by molar-refractivity contribution is -0.139. The van der Waals surface area contributed by atoms with Crippen molar-refractivity contribution in [2.24, 2.45) is 5.41 Å². The van der Waals surface area contributed by atoms with Crippen LogP contribution in [0.1, 0.15) is 59.9 Å². The van der Waals surface area contributed by atoms with E-state index in [2.05, 4.69) is 0 Å². The monoisotopic (exact) mass is 384 g/mol. The maximum Gasteiger partial charge on any atom is 0.132 e. The Kier molecular flexibility index (Phi) is 7.47.